The third kappa shape index (κ3) is 2.48. The number of hydrogen-bond donors (Lipinski definition) is 1. The third-order valence-corrected chi connectivity index (χ3v) is 5.77. The van der Waals surface area contributed by atoms with Crippen LogP contribution in [0.4, 0.5) is 0 Å². The van der Waals surface area contributed by atoms with Gasteiger partial charge in [-0.3, -0.25) is 9.59 Å². The van der Waals surface area contributed by atoms with Crippen molar-refractivity contribution in [1.82, 2.24) is 9.80 Å². The lowest BCUT2D eigenvalue weighted by Gasteiger charge is -2.58. The van der Waals surface area contributed by atoms with Crippen molar-refractivity contribution >= 4 is 27.7 Å². The molecule has 2 amide bonds. The van der Waals surface area contributed by atoms with E-state index < -0.39 is 0 Å². The molecule has 3 atom stereocenters. The fourth-order valence-electron chi connectivity index (χ4n) is 3.94. The number of amides is 2. The van der Waals surface area contributed by atoms with Crippen molar-refractivity contribution in [1.29, 1.82) is 0 Å². The monoisotopic (exact) mass is 378 g/mol. The summed E-state index contributed by atoms with van der Waals surface area (Å²) in [6.45, 7) is 0.702. The predicted octanol–water partition coefficient (Wildman–Crippen LogP) is 1.36. The van der Waals surface area contributed by atoms with Gasteiger partial charge < -0.3 is 14.9 Å². The second-order valence-electron chi connectivity index (χ2n) is 6.69. The molecule has 1 aromatic carbocycles. The number of fused-ring (bicyclic) bond motifs is 1. The lowest BCUT2D eigenvalue weighted by molar-refractivity contribution is -0.167. The van der Waals surface area contributed by atoms with Crippen LogP contribution in [-0.4, -0.2) is 58.5 Å². The molecule has 0 unspecified atom stereocenters. The molecular formula is C17H19BrN2O3. The number of aliphatic hydroxyl groups excluding tert-OH is 1. The number of halogens is 1. The minimum atomic E-state index is -0.174. The number of hydrogen-bond acceptors (Lipinski definition) is 3. The molecule has 2 saturated heterocycles. The Hall–Kier alpha value is -1.40. The number of piperazine rings is 1. The molecule has 0 bridgehead atoms. The third-order valence-electron chi connectivity index (χ3n) is 5.25. The summed E-state index contributed by atoms with van der Waals surface area (Å²) in [6, 6.07) is 7.82. The first-order chi connectivity index (χ1) is 11.1. The van der Waals surface area contributed by atoms with Crippen LogP contribution < -0.4 is 0 Å². The number of carbonyl (C=O) groups excluding carboxylic acids is 2. The fraction of sp³-hybridized carbons (Fsp3) is 0.529. The molecule has 4 rings (SSSR count). The second-order valence-corrected chi connectivity index (χ2v) is 7.60. The first-order valence-electron chi connectivity index (χ1n) is 8.06. The Kier molecular flexibility index (Phi) is 3.69. The van der Waals surface area contributed by atoms with E-state index in [1.165, 1.54) is 0 Å². The Morgan fingerprint density at radius 2 is 1.96 bits per heavy atom. The maximum absolute atomic E-state index is 12.4. The van der Waals surface area contributed by atoms with Crippen molar-refractivity contribution in [2.75, 3.05) is 19.7 Å². The van der Waals surface area contributed by atoms with Gasteiger partial charge in [0.15, 0.2) is 0 Å². The molecule has 3 aliphatic rings. The molecule has 122 valence electrons. The van der Waals surface area contributed by atoms with Crippen LogP contribution in [0.5, 0.6) is 0 Å². The zero-order valence-electron chi connectivity index (χ0n) is 12.7. The molecule has 6 heteroatoms. The molecule has 0 aromatic heterocycles. The summed E-state index contributed by atoms with van der Waals surface area (Å²) in [4.78, 5) is 28.3. The molecule has 1 aliphatic carbocycles. The highest BCUT2D eigenvalue weighted by Crippen LogP contribution is 2.44. The lowest BCUT2D eigenvalue weighted by Crippen LogP contribution is -2.73. The quantitative estimate of drug-likeness (QED) is 0.863. The topological polar surface area (TPSA) is 60.9 Å². The van der Waals surface area contributed by atoms with Gasteiger partial charge in [-0.2, -0.15) is 0 Å². The standard InChI is InChI=1S/C17H19BrN2O3/c18-12-5-3-10(4-6-12)16-13-7-19(17(23)11-1-2-11)8-15(22)20(13)14(16)9-21/h3-6,11,13-14,16,21H,1-2,7-9H2/t13-,14-,16+/m0/s1. The van der Waals surface area contributed by atoms with Gasteiger partial charge in [-0.15, -0.1) is 0 Å². The van der Waals surface area contributed by atoms with E-state index in [0.717, 1.165) is 22.9 Å². The summed E-state index contributed by atoms with van der Waals surface area (Å²) in [5, 5.41) is 9.72. The molecule has 0 spiro atoms. The van der Waals surface area contributed by atoms with Gasteiger partial charge in [0.2, 0.25) is 11.8 Å². The summed E-state index contributed by atoms with van der Waals surface area (Å²) in [7, 11) is 0. The fourth-order valence-corrected chi connectivity index (χ4v) is 4.21. The van der Waals surface area contributed by atoms with E-state index in [0.29, 0.717) is 6.54 Å². The van der Waals surface area contributed by atoms with E-state index >= 15 is 0 Å². The van der Waals surface area contributed by atoms with Gasteiger partial charge in [-0.05, 0) is 30.5 Å². The van der Waals surface area contributed by atoms with E-state index in [2.05, 4.69) is 15.9 Å². The minimum absolute atomic E-state index is 0.0164. The van der Waals surface area contributed by atoms with Crippen LogP contribution in [-0.2, 0) is 9.59 Å². The average molecular weight is 379 g/mol. The molecule has 2 heterocycles. The van der Waals surface area contributed by atoms with Crippen LogP contribution in [0.25, 0.3) is 0 Å². The number of rotatable bonds is 3. The average Bonchev–Trinajstić information content (AvgIpc) is 3.35. The van der Waals surface area contributed by atoms with Gasteiger partial charge in [0.05, 0.1) is 25.2 Å². The van der Waals surface area contributed by atoms with Gasteiger partial charge >= 0.3 is 0 Å². The van der Waals surface area contributed by atoms with E-state index in [9.17, 15) is 14.7 Å². The maximum Gasteiger partial charge on any atom is 0.242 e. The minimum Gasteiger partial charge on any atom is -0.394 e. The van der Waals surface area contributed by atoms with E-state index in [1.807, 2.05) is 24.3 Å². The van der Waals surface area contributed by atoms with Gasteiger partial charge in [-0.1, -0.05) is 28.1 Å². The lowest BCUT2D eigenvalue weighted by atomic mass is 9.73. The van der Waals surface area contributed by atoms with Gasteiger partial charge in [0, 0.05) is 22.9 Å². The highest BCUT2D eigenvalue weighted by molar-refractivity contribution is 9.10. The summed E-state index contributed by atoms with van der Waals surface area (Å²) >= 11 is 3.43. The Balaban J connectivity index is 1.58. The van der Waals surface area contributed by atoms with Gasteiger partial charge in [-0.25, -0.2) is 0 Å². The summed E-state index contributed by atoms with van der Waals surface area (Å²) < 4.78 is 1.00. The first-order valence-corrected chi connectivity index (χ1v) is 8.85. The van der Waals surface area contributed by atoms with Crippen molar-refractivity contribution in [2.45, 2.75) is 30.8 Å². The maximum atomic E-state index is 12.4. The van der Waals surface area contributed by atoms with Gasteiger partial charge in [0.1, 0.15) is 0 Å². The van der Waals surface area contributed by atoms with Crippen molar-refractivity contribution in [3.05, 3.63) is 34.3 Å². The summed E-state index contributed by atoms with van der Waals surface area (Å²) in [5.74, 6) is 0.309. The molecule has 3 fully saturated rings. The van der Waals surface area contributed by atoms with Crippen molar-refractivity contribution in [2.24, 2.45) is 5.92 Å². The molecule has 0 radical (unpaired) electrons. The first kappa shape index (κ1) is 15.1. The van der Waals surface area contributed by atoms with E-state index in [1.54, 1.807) is 9.80 Å². The van der Waals surface area contributed by atoms with Crippen molar-refractivity contribution in [3.8, 4) is 0 Å². The predicted molar refractivity (Wildman–Crippen MR) is 87.7 cm³/mol. The normalized spacial score (nSPS) is 30.0. The number of carbonyl (C=O) groups is 2. The molecule has 23 heavy (non-hydrogen) atoms. The number of nitrogens with zero attached hydrogens (tertiary/aromatic N) is 2. The van der Waals surface area contributed by atoms with Crippen LogP contribution in [0.3, 0.4) is 0 Å². The largest absolute Gasteiger partial charge is 0.394 e. The number of benzene rings is 1. The van der Waals surface area contributed by atoms with Crippen LogP contribution in [0, 0.1) is 5.92 Å². The Labute approximate surface area is 143 Å². The van der Waals surface area contributed by atoms with Crippen LogP contribution >= 0.6 is 15.9 Å². The number of aliphatic hydroxyl groups is 1. The van der Waals surface area contributed by atoms with Crippen LogP contribution in [0.2, 0.25) is 0 Å². The summed E-state index contributed by atoms with van der Waals surface area (Å²) in [5.41, 5.74) is 1.11. The smallest absolute Gasteiger partial charge is 0.242 e. The Morgan fingerprint density at radius 1 is 1.26 bits per heavy atom. The van der Waals surface area contributed by atoms with Crippen molar-refractivity contribution < 1.29 is 14.7 Å². The Morgan fingerprint density at radius 3 is 2.57 bits per heavy atom. The van der Waals surface area contributed by atoms with Crippen LogP contribution in [0.1, 0.15) is 24.3 Å². The molecule has 1 saturated carbocycles. The SMILES string of the molecule is O=C(C1CC1)N1CC(=O)N2[C@@H](CO)[C@H](c3ccc(Br)cc3)[C@@H]2C1. The Bertz CT molecular complexity index is 644. The summed E-state index contributed by atoms with van der Waals surface area (Å²) in [6.07, 6.45) is 1.90. The molecular weight excluding hydrogens is 360 g/mol. The second kappa shape index (κ2) is 5.60. The highest BCUT2D eigenvalue weighted by atomic mass is 79.9. The van der Waals surface area contributed by atoms with Crippen molar-refractivity contribution in [3.63, 3.8) is 0 Å². The van der Waals surface area contributed by atoms with E-state index in [-0.39, 0.29) is 48.9 Å². The zero-order chi connectivity index (χ0) is 16.1. The molecule has 2 aliphatic heterocycles. The molecule has 1 aromatic rings. The zero-order valence-corrected chi connectivity index (χ0v) is 14.3. The van der Waals surface area contributed by atoms with Crippen LogP contribution in [0.15, 0.2) is 28.7 Å². The highest BCUT2D eigenvalue weighted by Gasteiger charge is 2.55. The molecule has 5 nitrogen and oxygen atoms in total. The van der Waals surface area contributed by atoms with Gasteiger partial charge in [0.25, 0.3) is 0 Å². The molecule has 1 N–H and O–H groups in total. The van der Waals surface area contributed by atoms with E-state index in [4.69, 9.17) is 0 Å².